The molecule has 0 spiro atoms. The second-order valence-corrected chi connectivity index (χ2v) is 12.0. The van der Waals surface area contributed by atoms with Gasteiger partial charge < -0.3 is 9.80 Å². The van der Waals surface area contributed by atoms with E-state index < -0.39 is 0 Å². The number of hydrogen-bond donors (Lipinski definition) is 0. The molecule has 0 atom stereocenters. The molecule has 1 aliphatic rings. The van der Waals surface area contributed by atoms with E-state index in [1.54, 1.807) is 0 Å². The quantitative estimate of drug-likeness (QED) is 0.261. The minimum Gasteiger partial charge on any atom is -0.374 e. The molecule has 37 heavy (non-hydrogen) atoms. The SMILES string of the molecule is C=CCCc1ccc(CN2CCN(c3cccc(C)c3Cl)CC2)cc1N(C)CCC(=C)C(C)(C)C(C)C. The Morgan fingerprint density at radius 1 is 1.14 bits per heavy atom. The number of halogens is 1. The number of allylic oxidation sites excluding steroid dienone is 1. The average Bonchev–Trinajstić information content (AvgIpc) is 2.88. The summed E-state index contributed by atoms with van der Waals surface area (Å²) >= 11 is 6.60. The second-order valence-electron chi connectivity index (χ2n) is 11.6. The van der Waals surface area contributed by atoms with Gasteiger partial charge in [-0.05, 0) is 66.3 Å². The number of hydrogen-bond acceptors (Lipinski definition) is 3. The molecule has 0 unspecified atom stereocenters. The highest BCUT2D eigenvalue weighted by molar-refractivity contribution is 6.34. The number of anilines is 2. The molecule has 1 saturated heterocycles. The van der Waals surface area contributed by atoms with Crippen molar-refractivity contribution in [2.24, 2.45) is 11.3 Å². The fraction of sp³-hybridized carbons (Fsp3) is 0.515. The summed E-state index contributed by atoms with van der Waals surface area (Å²) in [4.78, 5) is 7.42. The minimum absolute atomic E-state index is 0.152. The zero-order valence-corrected chi connectivity index (χ0v) is 24.9. The predicted octanol–water partition coefficient (Wildman–Crippen LogP) is 8.15. The predicted molar refractivity (Wildman–Crippen MR) is 164 cm³/mol. The first kappa shape index (κ1) is 29.3. The molecular formula is C33H48ClN3. The number of benzene rings is 2. The van der Waals surface area contributed by atoms with E-state index >= 15 is 0 Å². The van der Waals surface area contributed by atoms with Gasteiger partial charge in [-0.1, -0.05) is 81.8 Å². The Balaban J connectivity index is 1.67. The summed E-state index contributed by atoms with van der Waals surface area (Å²) in [6, 6.07) is 13.4. The van der Waals surface area contributed by atoms with Gasteiger partial charge in [0.25, 0.3) is 0 Å². The number of nitrogens with zero attached hydrogens (tertiary/aromatic N) is 3. The van der Waals surface area contributed by atoms with E-state index in [1.807, 2.05) is 6.08 Å². The van der Waals surface area contributed by atoms with Crippen molar-refractivity contribution in [3.05, 3.63) is 82.9 Å². The van der Waals surface area contributed by atoms with Gasteiger partial charge in [0.05, 0.1) is 10.7 Å². The summed E-state index contributed by atoms with van der Waals surface area (Å²) in [5, 5.41) is 0.887. The maximum atomic E-state index is 6.60. The lowest BCUT2D eigenvalue weighted by molar-refractivity contribution is 0.250. The van der Waals surface area contributed by atoms with E-state index in [9.17, 15) is 0 Å². The van der Waals surface area contributed by atoms with Crippen LogP contribution < -0.4 is 9.80 Å². The zero-order valence-electron chi connectivity index (χ0n) is 24.1. The van der Waals surface area contributed by atoms with Crippen molar-refractivity contribution in [3.8, 4) is 0 Å². The lowest BCUT2D eigenvalue weighted by Gasteiger charge is -2.37. The molecule has 0 bridgehead atoms. The summed E-state index contributed by atoms with van der Waals surface area (Å²) in [6.45, 7) is 25.8. The van der Waals surface area contributed by atoms with Crippen molar-refractivity contribution in [2.75, 3.05) is 49.6 Å². The van der Waals surface area contributed by atoms with Crippen LogP contribution in [0.4, 0.5) is 11.4 Å². The van der Waals surface area contributed by atoms with Gasteiger partial charge in [0.2, 0.25) is 0 Å². The molecule has 0 saturated carbocycles. The van der Waals surface area contributed by atoms with Gasteiger partial charge in [-0.2, -0.15) is 0 Å². The molecule has 1 aliphatic heterocycles. The van der Waals surface area contributed by atoms with Crippen molar-refractivity contribution in [1.82, 2.24) is 4.90 Å². The Labute approximate surface area is 231 Å². The fourth-order valence-corrected chi connectivity index (χ4v) is 5.21. The van der Waals surface area contributed by atoms with Gasteiger partial charge in [0.15, 0.2) is 0 Å². The Hall–Kier alpha value is -2.23. The first-order valence-corrected chi connectivity index (χ1v) is 14.3. The molecular weight excluding hydrogens is 474 g/mol. The Kier molecular flexibility index (Phi) is 10.3. The van der Waals surface area contributed by atoms with Crippen LogP contribution in [0.2, 0.25) is 5.02 Å². The number of rotatable bonds is 12. The first-order valence-electron chi connectivity index (χ1n) is 13.9. The van der Waals surface area contributed by atoms with Crippen LogP contribution in [0.3, 0.4) is 0 Å². The van der Waals surface area contributed by atoms with Crippen LogP contribution in [0.1, 0.15) is 57.2 Å². The highest BCUT2D eigenvalue weighted by Gasteiger charge is 2.26. The first-order chi connectivity index (χ1) is 17.5. The van der Waals surface area contributed by atoms with E-state index in [-0.39, 0.29) is 5.41 Å². The van der Waals surface area contributed by atoms with E-state index in [2.05, 4.69) is 106 Å². The Morgan fingerprint density at radius 3 is 2.49 bits per heavy atom. The lowest BCUT2D eigenvalue weighted by atomic mass is 9.74. The molecule has 3 nitrogen and oxygen atoms in total. The van der Waals surface area contributed by atoms with Crippen LogP contribution in [-0.4, -0.2) is 44.7 Å². The van der Waals surface area contributed by atoms with Gasteiger partial charge in [-0.15, -0.1) is 6.58 Å². The van der Waals surface area contributed by atoms with Crippen LogP contribution >= 0.6 is 11.6 Å². The van der Waals surface area contributed by atoms with E-state index in [0.29, 0.717) is 5.92 Å². The standard InChI is InChI=1S/C33H48ClN3/c1-9-10-13-29-16-15-28(23-31(29)35(8)18-17-27(5)33(6,7)25(2)3)24-36-19-21-37(22-20-36)30-14-11-12-26(4)32(30)34/h9,11-12,14-16,23,25H,1,5,10,13,17-22,24H2,2-4,6-8H3. The molecule has 2 aromatic rings. The third kappa shape index (κ3) is 7.42. The van der Waals surface area contributed by atoms with Crippen LogP contribution in [0.5, 0.6) is 0 Å². The maximum Gasteiger partial charge on any atom is 0.0668 e. The van der Waals surface area contributed by atoms with Crippen molar-refractivity contribution in [1.29, 1.82) is 0 Å². The summed E-state index contributed by atoms with van der Waals surface area (Å²) < 4.78 is 0. The normalized spacial score (nSPS) is 14.8. The Morgan fingerprint density at radius 2 is 1.84 bits per heavy atom. The number of aryl methyl sites for hydroxylation is 2. The summed E-state index contributed by atoms with van der Waals surface area (Å²) in [5.41, 5.74) is 7.93. The molecule has 1 heterocycles. The molecule has 3 rings (SSSR count). The molecule has 4 heteroatoms. The zero-order chi connectivity index (χ0) is 27.2. The second kappa shape index (κ2) is 13.0. The van der Waals surface area contributed by atoms with E-state index in [1.165, 1.54) is 28.1 Å². The topological polar surface area (TPSA) is 9.72 Å². The highest BCUT2D eigenvalue weighted by Crippen LogP contribution is 2.36. The van der Waals surface area contributed by atoms with Crippen molar-refractivity contribution in [2.45, 2.75) is 60.4 Å². The monoisotopic (exact) mass is 521 g/mol. The summed E-state index contributed by atoms with van der Waals surface area (Å²) in [5.74, 6) is 0.583. The maximum absolute atomic E-state index is 6.60. The third-order valence-electron chi connectivity index (χ3n) is 8.57. The molecule has 0 aromatic heterocycles. The summed E-state index contributed by atoms with van der Waals surface area (Å²) in [7, 11) is 2.23. The minimum atomic E-state index is 0.152. The van der Waals surface area contributed by atoms with Crippen LogP contribution in [-0.2, 0) is 13.0 Å². The Bertz CT molecular complexity index is 1060. The van der Waals surface area contributed by atoms with Crippen molar-refractivity contribution >= 4 is 23.0 Å². The lowest BCUT2D eigenvalue weighted by Crippen LogP contribution is -2.46. The smallest absolute Gasteiger partial charge is 0.0668 e. The largest absolute Gasteiger partial charge is 0.374 e. The van der Waals surface area contributed by atoms with Gasteiger partial charge >= 0.3 is 0 Å². The van der Waals surface area contributed by atoms with Crippen LogP contribution in [0.15, 0.2) is 61.2 Å². The highest BCUT2D eigenvalue weighted by atomic mass is 35.5. The fourth-order valence-electron chi connectivity index (χ4n) is 4.97. The molecule has 0 aliphatic carbocycles. The molecule has 0 N–H and O–H groups in total. The molecule has 2 aromatic carbocycles. The van der Waals surface area contributed by atoms with Crippen LogP contribution in [0, 0.1) is 18.3 Å². The summed E-state index contributed by atoms with van der Waals surface area (Å²) in [6.07, 6.45) is 5.05. The van der Waals surface area contributed by atoms with Gasteiger partial charge in [-0.25, -0.2) is 0 Å². The molecule has 0 amide bonds. The van der Waals surface area contributed by atoms with Gasteiger partial charge in [0.1, 0.15) is 0 Å². The van der Waals surface area contributed by atoms with Gasteiger partial charge in [0, 0.05) is 52.0 Å². The van der Waals surface area contributed by atoms with Crippen LogP contribution in [0.25, 0.3) is 0 Å². The molecule has 202 valence electrons. The van der Waals surface area contributed by atoms with E-state index in [0.717, 1.165) is 69.1 Å². The number of piperazine rings is 1. The van der Waals surface area contributed by atoms with Gasteiger partial charge in [-0.3, -0.25) is 4.90 Å². The average molecular weight is 522 g/mol. The third-order valence-corrected chi connectivity index (χ3v) is 9.06. The van der Waals surface area contributed by atoms with Crippen molar-refractivity contribution < 1.29 is 0 Å². The molecule has 0 radical (unpaired) electrons. The van der Waals surface area contributed by atoms with Crippen molar-refractivity contribution in [3.63, 3.8) is 0 Å². The van der Waals surface area contributed by atoms with E-state index in [4.69, 9.17) is 11.6 Å². The molecule has 1 fully saturated rings.